The fourth-order valence-electron chi connectivity index (χ4n) is 3.95. The lowest BCUT2D eigenvalue weighted by atomic mass is 10.0. The molecule has 0 aliphatic rings. The SMILES string of the molecule is Cc1cc2ccccc2c2c1c1ccccc1n2S(=O)(=O)c1ccccc1. The van der Waals surface area contributed by atoms with Crippen LogP contribution in [0, 0.1) is 6.92 Å². The zero-order chi connectivity index (χ0) is 18.6. The molecule has 0 spiro atoms. The molecule has 0 unspecified atom stereocenters. The number of hydrogen-bond donors (Lipinski definition) is 0. The Morgan fingerprint density at radius 3 is 2.15 bits per heavy atom. The summed E-state index contributed by atoms with van der Waals surface area (Å²) in [5, 5.41) is 3.92. The Morgan fingerprint density at radius 2 is 1.37 bits per heavy atom. The number of aryl methyl sites for hydroxylation is 1. The van der Waals surface area contributed by atoms with Crippen molar-refractivity contribution in [2.45, 2.75) is 11.8 Å². The number of benzene rings is 4. The number of para-hydroxylation sites is 1. The lowest BCUT2D eigenvalue weighted by Crippen LogP contribution is -2.12. The molecule has 0 amide bonds. The number of rotatable bonds is 2. The first kappa shape index (κ1) is 16.1. The molecule has 0 bridgehead atoms. The maximum Gasteiger partial charge on any atom is 0.268 e. The summed E-state index contributed by atoms with van der Waals surface area (Å²) in [5.74, 6) is 0. The van der Waals surface area contributed by atoms with Crippen molar-refractivity contribution in [3.8, 4) is 0 Å². The summed E-state index contributed by atoms with van der Waals surface area (Å²) in [6, 6.07) is 26.4. The highest BCUT2D eigenvalue weighted by Crippen LogP contribution is 2.38. The van der Waals surface area contributed by atoms with E-state index in [9.17, 15) is 8.42 Å². The Hall–Kier alpha value is -3.11. The van der Waals surface area contributed by atoms with Gasteiger partial charge in [-0.15, -0.1) is 0 Å². The van der Waals surface area contributed by atoms with Crippen LogP contribution in [0.3, 0.4) is 0 Å². The van der Waals surface area contributed by atoms with Gasteiger partial charge in [0.05, 0.1) is 15.9 Å². The molecule has 1 heterocycles. The summed E-state index contributed by atoms with van der Waals surface area (Å²) >= 11 is 0. The molecule has 4 aromatic carbocycles. The van der Waals surface area contributed by atoms with Crippen molar-refractivity contribution in [2.75, 3.05) is 0 Å². The van der Waals surface area contributed by atoms with E-state index in [4.69, 9.17) is 0 Å². The van der Waals surface area contributed by atoms with E-state index in [-0.39, 0.29) is 0 Å². The number of fused-ring (bicyclic) bond motifs is 5. The minimum absolute atomic E-state index is 0.290. The first-order chi connectivity index (χ1) is 13.1. The van der Waals surface area contributed by atoms with E-state index in [1.807, 2.05) is 61.5 Å². The average Bonchev–Trinajstić information content (AvgIpc) is 3.05. The van der Waals surface area contributed by atoms with Crippen LogP contribution < -0.4 is 0 Å². The second-order valence-electron chi connectivity index (χ2n) is 6.74. The van der Waals surface area contributed by atoms with Gasteiger partial charge >= 0.3 is 0 Å². The molecule has 0 saturated heterocycles. The van der Waals surface area contributed by atoms with Gasteiger partial charge in [-0.2, -0.15) is 0 Å². The van der Waals surface area contributed by atoms with E-state index in [0.717, 1.165) is 32.6 Å². The van der Waals surface area contributed by atoms with Crippen molar-refractivity contribution >= 4 is 42.6 Å². The maximum atomic E-state index is 13.6. The molecule has 132 valence electrons. The first-order valence-electron chi connectivity index (χ1n) is 8.81. The smallest absolute Gasteiger partial charge is 0.233 e. The second-order valence-corrected chi connectivity index (χ2v) is 8.52. The molecule has 0 radical (unpaired) electrons. The predicted molar refractivity (Wildman–Crippen MR) is 111 cm³/mol. The monoisotopic (exact) mass is 371 g/mol. The van der Waals surface area contributed by atoms with Crippen molar-refractivity contribution in [1.29, 1.82) is 0 Å². The Labute approximate surface area is 157 Å². The zero-order valence-electron chi connectivity index (χ0n) is 14.8. The Morgan fingerprint density at radius 1 is 0.741 bits per heavy atom. The van der Waals surface area contributed by atoms with Crippen LogP contribution >= 0.6 is 0 Å². The quantitative estimate of drug-likeness (QED) is 0.411. The van der Waals surface area contributed by atoms with Crippen LogP contribution in [0.15, 0.2) is 89.8 Å². The fraction of sp³-hybridized carbons (Fsp3) is 0.0435. The molecule has 0 aliphatic carbocycles. The largest absolute Gasteiger partial charge is 0.268 e. The van der Waals surface area contributed by atoms with Gasteiger partial charge in [-0.3, -0.25) is 0 Å². The molecule has 0 N–H and O–H groups in total. The zero-order valence-corrected chi connectivity index (χ0v) is 15.6. The molecule has 0 saturated carbocycles. The summed E-state index contributed by atoms with van der Waals surface area (Å²) in [5.41, 5.74) is 2.52. The van der Waals surface area contributed by atoms with E-state index < -0.39 is 10.0 Å². The minimum Gasteiger partial charge on any atom is -0.233 e. The minimum atomic E-state index is -3.74. The molecular formula is C23H17NO2S. The maximum absolute atomic E-state index is 13.6. The highest BCUT2D eigenvalue weighted by Gasteiger charge is 2.25. The van der Waals surface area contributed by atoms with Crippen LogP contribution in [0.2, 0.25) is 0 Å². The molecule has 5 rings (SSSR count). The molecule has 5 aromatic rings. The fourth-order valence-corrected chi connectivity index (χ4v) is 5.51. The molecule has 3 nitrogen and oxygen atoms in total. The van der Waals surface area contributed by atoms with Gasteiger partial charge in [0.15, 0.2) is 0 Å². The molecule has 4 heteroatoms. The van der Waals surface area contributed by atoms with E-state index in [2.05, 4.69) is 6.07 Å². The topological polar surface area (TPSA) is 39.1 Å². The Bertz CT molecular complexity index is 1430. The molecule has 0 fully saturated rings. The highest BCUT2D eigenvalue weighted by molar-refractivity contribution is 7.90. The van der Waals surface area contributed by atoms with E-state index in [1.54, 1.807) is 24.3 Å². The predicted octanol–water partition coefficient (Wildman–Crippen LogP) is 5.49. The van der Waals surface area contributed by atoms with Gasteiger partial charge in [0.25, 0.3) is 10.0 Å². The summed E-state index contributed by atoms with van der Waals surface area (Å²) in [6.07, 6.45) is 0. The molecular weight excluding hydrogens is 354 g/mol. The normalized spacial score (nSPS) is 12.2. The molecule has 0 atom stereocenters. The van der Waals surface area contributed by atoms with Crippen LogP contribution in [0.4, 0.5) is 0 Å². The third-order valence-electron chi connectivity index (χ3n) is 5.10. The van der Waals surface area contributed by atoms with Crippen LogP contribution in [0.5, 0.6) is 0 Å². The number of nitrogens with zero attached hydrogens (tertiary/aromatic N) is 1. The van der Waals surface area contributed by atoms with Crippen molar-refractivity contribution < 1.29 is 8.42 Å². The second kappa shape index (κ2) is 5.69. The van der Waals surface area contributed by atoms with Gasteiger partial charge in [0, 0.05) is 16.2 Å². The van der Waals surface area contributed by atoms with E-state index >= 15 is 0 Å². The third-order valence-corrected chi connectivity index (χ3v) is 6.82. The molecule has 0 aliphatic heterocycles. The van der Waals surface area contributed by atoms with Gasteiger partial charge in [0.2, 0.25) is 0 Å². The molecule has 1 aromatic heterocycles. The average molecular weight is 371 g/mol. The van der Waals surface area contributed by atoms with E-state index in [0.29, 0.717) is 10.4 Å². The van der Waals surface area contributed by atoms with Gasteiger partial charge in [-0.25, -0.2) is 12.4 Å². The first-order valence-corrected chi connectivity index (χ1v) is 10.3. The van der Waals surface area contributed by atoms with Gasteiger partial charge < -0.3 is 0 Å². The van der Waals surface area contributed by atoms with Crippen molar-refractivity contribution in [3.63, 3.8) is 0 Å². The van der Waals surface area contributed by atoms with Crippen molar-refractivity contribution in [1.82, 2.24) is 3.97 Å². The number of aromatic nitrogens is 1. The van der Waals surface area contributed by atoms with E-state index in [1.165, 1.54) is 3.97 Å². The van der Waals surface area contributed by atoms with Crippen LogP contribution in [-0.4, -0.2) is 12.4 Å². The lowest BCUT2D eigenvalue weighted by Gasteiger charge is -2.11. The summed E-state index contributed by atoms with van der Waals surface area (Å²) in [4.78, 5) is 0.290. The molecule has 27 heavy (non-hydrogen) atoms. The Kier molecular flexibility index (Phi) is 3.39. The summed E-state index contributed by atoms with van der Waals surface area (Å²) in [6.45, 7) is 2.04. The van der Waals surface area contributed by atoms with Crippen molar-refractivity contribution in [2.24, 2.45) is 0 Å². The van der Waals surface area contributed by atoms with Gasteiger partial charge in [0.1, 0.15) is 0 Å². The van der Waals surface area contributed by atoms with Crippen LogP contribution in [-0.2, 0) is 10.0 Å². The number of hydrogen-bond acceptors (Lipinski definition) is 2. The standard InChI is InChI=1S/C23H17NO2S/c1-16-15-17-9-5-6-12-19(17)23-22(16)20-13-7-8-14-21(20)24(23)27(25,26)18-10-3-2-4-11-18/h2-15H,1H3. The van der Waals surface area contributed by atoms with Crippen molar-refractivity contribution in [3.05, 3.63) is 90.5 Å². The van der Waals surface area contributed by atoms with Crippen LogP contribution in [0.25, 0.3) is 32.6 Å². The Balaban J connectivity index is 2.09. The van der Waals surface area contributed by atoms with Gasteiger partial charge in [-0.1, -0.05) is 66.7 Å². The summed E-state index contributed by atoms with van der Waals surface area (Å²) in [7, 11) is -3.74. The van der Waals surface area contributed by atoms with Gasteiger partial charge in [-0.05, 0) is 36.1 Å². The highest BCUT2D eigenvalue weighted by atomic mass is 32.2. The van der Waals surface area contributed by atoms with Crippen LogP contribution in [0.1, 0.15) is 5.56 Å². The summed E-state index contributed by atoms with van der Waals surface area (Å²) < 4.78 is 28.8. The lowest BCUT2D eigenvalue weighted by molar-refractivity contribution is 0.590. The third kappa shape index (κ3) is 2.23.